The van der Waals surface area contributed by atoms with Gasteiger partial charge in [0.15, 0.2) is 0 Å². The predicted octanol–water partition coefficient (Wildman–Crippen LogP) is 3.33. The van der Waals surface area contributed by atoms with Crippen LogP contribution in [0.5, 0.6) is 0 Å². The minimum atomic E-state index is -0.658. The zero-order valence-electron chi connectivity index (χ0n) is 12.1. The summed E-state index contributed by atoms with van der Waals surface area (Å²) in [6.07, 6.45) is 5.73. The number of aliphatic hydroxyl groups is 1. The number of aromatic nitrogens is 2. The van der Waals surface area contributed by atoms with Crippen LogP contribution in [0.25, 0.3) is 0 Å². The van der Waals surface area contributed by atoms with Crippen molar-refractivity contribution in [3.63, 3.8) is 0 Å². The zero-order chi connectivity index (χ0) is 13.4. The summed E-state index contributed by atoms with van der Waals surface area (Å²) >= 11 is 0. The maximum Gasteiger partial charge on any atom is 0.106 e. The molecule has 102 valence electrons. The Morgan fingerprint density at radius 1 is 1.39 bits per heavy atom. The maximum absolute atomic E-state index is 10.9. The lowest BCUT2D eigenvalue weighted by Crippen LogP contribution is -2.37. The van der Waals surface area contributed by atoms with Crippen molar-refractivity contribution in [3.8, 4) is 0 Å². The van der Waals surface area contributed by atoms with Gasteiger partial charge in [0.25, 0.3) is 0 Å². The van der Waals surface area contributed by atoms with Crippen molar-refractivity contribution in [2.24, 2.45) is 11.3 Å². The molecule has 1 aliphatic carbocycles. The lowest BCUT2D eigenvalue weighted by atomic mass is 9.67. The van der Waals surface area contributed by atoms with Gasteiger partial charge in [0.2, 0.25) is 0 Å². The summed E-state index contributed by atoms with van der Waals surface area (Å²) in [5.41, 5.74) is 0.693. The molecule has 1 saturated carbocycles. The van der Waals surface area contributed by atoms with Crippen molar-refractivity contribution in [1.29, 1.82) is 0 Å². The zero-order valence-corrected chi connectivity index (χ0v) is 12.1. The van der Waals surface area contributed by atoms with Gasteiger partial charge in [-0.15, -0.1) is 0 Å². The lowest BCUT2D eigenvalue weighted by molar-refractivity contribution is -0.0362. The van der Waals surface area contributed by atoms with E-state index in [0.717, 1.165) is 43.8 Å². The van der Waals surface area contributed by atoms with Crippen LogP contribution in [-0.4, -0.2) is 14.9 Å². The Morgan fingerprint density at radius 3 is 2.50 bits per heavy atom. The second kappa shape index (κ2) is 4.69. The number of hydrogen-bond acceptors (Lipinski definition) is 2. The molecule has 1 aromatic rings. The summed E-state index contributed by atoms with van der Waals surface area (Å²) in [6.45, 7) is 9.81. The highest BCUT2D eigenvalue weighted by Crippen LogP contribution is 2.45. The molecule has 0 spiro atoms. The van der Waals surface area contributed by atoms with Crippen molar-refractivity contribution < 1.29 is 5.11 Å². The second-order valence-corrected chi connectivity index (χ2v) is 6.70. The molecule has 0 saturated heterocycles. The molecule has 1 aromatic heterocycles. The summed E-state index contributed by atoms with van der Waals surface area (Å²) in [7, 11) is 0. The van der Waals surface area contributed by atoms with Gasteiger partial charge in [-0.25, -0.2) is 0 Å². The van der Waals surface area contributed by atoms with Crippen molar-refractivity contribution >= 4 is 0 Å². The van der Waals surface area contributed by atoms with Crippen LogP contribution in [0.1, 0.15) is 59.1 Å². The summed E-state index contributed by atoms with van der Waals surface area (Å²) in [5.74, 6) is 0.718. The molecule has 0 atom stereocenters. The molecule has 1 aliphatic rings. The smallest absolute Gasteiger partial charge is 0.106 e. The Kier molecular flexibility index (Phi) is 3.54. The molecule has 0 radical (unpaired) electrons. The van der Waals surface area contributed by atoms with Gasteiger partial charge in [-0.3, -0.25) is 4.68 Å². The quantitative estimate of drug-likeness (QED) is 0.874. The van der Waals surface area contributed by atoms with Crippen LogP contribution < -0.4 is 0 Å². The fraction of sp³-hybridized carbons (Fsp3) is 0.800. The molecule has 0 aromatic carbocycles. The molecule has 0 bridgehead atoms. The van der Waals surface area contributed by atoms with Crippen molar-refractivity contribution in [1.82, 2.24) is 9.78 Å². The Morgan fingerprint density at radius 2 is 2.00 bits per heavy atom. The topological polar surface area (TPSA) is 38.0 Å². The first-order chi connectivity index (χ1) is 8.37. The average Bonchev–Trinajstić information content (AvgIpc) is 2.77. The normalized spacial score (nSPS) is 29.5. The van der Waals surface area contributed by atoms with Crippen LogP contribution in [0.2, 0.25) is 0 Å². The van der Waals surface area contributed by atoms with Gasteiger partial charge in [-0.05, 0) is 50.0 Å². The Balaban J connectivity index is 2.12. The third-order valence-electron chi connectivity index (χ3n) is 4.53. The van der Waals surface area contributed by atoms with Crippen molar-refractivity contribution in [2.75, 3.05) is 0 Å². The Labute approximate surface area is 110 Å². The molecule has 18 heavy (non-hydrogen) atoms. The monoisotopic (exact) mass is 250 g/mol. The van der Waals surface area contributed by atoms with Crippen LogP contribution in [0.3, 0.4) is 0 Å². The molecule has 0 amide bonds. The first-order valence-corrected chi connectivity index (χ1v) is 7.11. The third kappa shape index (κ3) is 2.46. The Hall–Kier alpha value is -0.830. The molecule has 1 N–H and O–H groups in total. The van der Waals surface area contributed by atoms with E-state index in [4.69, 9.17) is 0 Å². The fourth-order valence-electron chi connectivity index (χ4n) is 3.20. The van der Waals surface area contributed by atoms with E-state index in [9.17, 15) is 5.11 Å². The van der Waals surface area contributed by atoms with E-state index in [-0.39, 0.29) is 0 Å². The van der Waals surface area contributed by atoms with E-state index in [0.29, 0.717) is 5.41 Å². The van der Waals surface area contributed by atoms with Crippen molar-refractivity contribution in [3.05, 3.63) is 18.0 Å². The van der Waals surface area contributed by atoms with E-state index in [1.54, 1.807) is 6.20 Å². The fourth-order valence-corrected chi connectivity index (χ4v) is 3.20. The Bertz CT molecular complexity index is 395. The summed E-state index contributed by atoms with van der Waals surface area (Å²) in [6, 6.07) is 1.97. The van der Waals surface area contributed by atoms with Gasteiger partial charge >= 0.3 is 0 Å². The summed E-state index contributed by atoms with van der Waals surface area (Å²) < 4.78 is 1.93. The van der Waals surface area contributed by atoms with Gasteiger partial charge < -0.3 is 5.11 Å². The van der Waals surface area contributed by atoms with E-state index in [1.165, 1.54) is 0 Å². The molecule has 3 nitrogen and oxygen atoms in total. The van der Waals surface area contributed by atoms with Crippen LogP contribution >= 0.6 is 0 Å². The molecule has 0 aliphatic heterocycles. The number of aryl methyl sites for hydroxylation is 1. The van der Waals surface area contributed by atoms with Gasteiger partial charge in [-0.2, -0.15) is 5.10 Å². The third-order valence-corrected chi connectivity index (χ3v) is 4.53. The summed E-state index contributed by atoms with van der Waals surface area (Å²) in [4.78, 5) is 0. The van der Waals surface area contributed by atoms with Crippen LogP contribution in [0, 0.1) is 11.3 Å². The maximum atomic E-state index is 10.9. The molecule has 1 fully saturated rings. The molecular formula is C15H26N2O. The number of rotatable bonds is 2. The first-order valence-electron chi connectivity index (χ1n) is 7.11. The van der Waals surface area contributed by atoms with Gasteiger partial charge in [0.05, 0.1) is 5.69 Å². The number of nitrogens with zero attached hydrogens (tertiary/aromatic N) is 2. The van der Waals surface area contributed by atoms with Crippen LogP contribution in [-0.2, 0) is 12.1 Å². The molecule has 2 rings (SSSR count). The predicted molar refractivity (Wildman–Crippen MR) is 73.2 cm³/mol. The second-order valence-electron chi connectivity index (χ2n) is 6.70. The van der Waals surface area contributed by atoms with E-state index < -0.39 is 5.60 Å². The molecule has 0 unspecified atom stereocenters. The van der Waals surface area contributed by atoms with E-state index in [2.05, 4.69) is 32.8 Å². The molecular weight excluding hydrogens is 224 g/mol. The number of hydrogen-bond donors (Lipinski definition) is 1. The van der Waals surface area contributed by atoms with Crippen LogP contribution in [0.4, 0.5) is 0 Å². The minimum Gasteiger partial charge on any atom is -0.384 e. The van der Waals surface area contributed by atoms with Gasteiger partial charge in [-0.1, -0.05) is 20.8 Å². The van der Waals surface area contributed by atoms with Gasteiger partial charge in [0, 0.05) is 12.7 Å². The van der Waals surface area contributed by atoms with E-state index >= 15 is 0 Å². The molecule has 3 heteroatoms. The van der Waals surface area contributed by atoms with Gasteiger partial charge in [0.1, 0.15) is 5.60 Å². The lowest BCUT2D eigenvalue weighted by Gasteiger charge is -2.41. The van der Waals surface area contributed by atoms with Crippen molar-refractivity contribution in [2.45, 2.75) is 65.5 Å². The average molecular weight is 250 g/mol. The highest BCUT2D eigenvalue weighted by molar-refractivity contribution is 5.13. The van der Waals surface area contributed by atoms with E-state index in [1.807, 2.05) is 10.7 Å². The highest BCUT2D eigenvalue weighted by atomic mass is 16.3. The van der Waals surface area contributed by atoms with Crippen LogP contribution in [0.15, 0.2) is 12.3 Å². The standard InChI is InChI=1S/C15H26N2O/c1-5-17-13(8-11-16-17)15(18)9-6-12(7-10-15)14(2,3)4/h8,11-12,18H,5-7,9-10H2,1-4H3. The SMILES string of the molecule is CCn1nccc1C1(O)CCC(C(C)(C)C)CC1. The highest BCUT2D eigenvalue weighted by Gasteiger charge is 2.40. The first kappa shape index (κ1) is 13.6. The summed E-state index contributed by atoms with van der Waals surface area (Å²) in [5, 5.41) is 15.1. The molecule has 1 heterocycles. The minimum absolute atomic E-state index is 0.354. The largest absolute Gasteiger partial charge is 0.384 e.